The van der Waals surface area contributed by atoms with Crippen LogP contribution in [0.15, 0.2) is 97.1 Å². The van der Waals surface area contributed by atoms with E-state index >= 15 is 0 Å². The Morgan fingerprint density at radius 1 is 0.596 bits per heavy atom. The number of hydrogen-bond donors (Lipinski definition) is 5. The van der Waals surface area contributed by atoms with Crippen molar-refractivity contribution >= 4 is 11.6 Å². The molecule has 0 saturated heterocycles. The fourth-order valence-corrected chi connectivity index (χ4v) is 5.54. The minimum Gasteiger partial charge on any atom is -0.491 e. The van der Waals surface area contributed by atoms with Gasteiger partial charge in [-0.05, 0) is 80.3 Å². The van der Waals surface area contributed by atoms with Crippen LogP contribution in [0.5, 0.6) is 11.5 Å². The standard InChI is InChI=1S/C42H50O10/c1-40(2,31-14-18-35(19-15-31)50-24-33(44)23-43)32-16-20-36(21-17-32)51-25-34(45)26-52-37(27-10-12-28(13-11-27)38(46)41(3,4)48)29-8-7-9-30(22-29)39(47)42(5,6)49/h7-22,33-34,37,43-45,48-49H,23-26H2,1-6H3. The maximum atomic E-state index is 12.9. The molecule has 0 radical (unpaired) electrons. The van der Waals surface area contributed by atoms with Gasteiger partial charge >= 0.3 is 0 Å². The Morgan fingerprint density at radius 3 is 1.56 bits per heavy atom. The molecule has 0 saturated carbocycles. The molecule has 0 aliphatic rings. The predicted molar refractivity (Wildman–Crippen MR) is 197 cm³/mol. The number of carbonyl (C=O) groups is 2. The van der Waals surface area contributed by atoms with Gasteiger partial charge in [-0.3, -0.25) is 9.59 Å². The zero-order chi connectivity index (χ0) is 38.3. The summed E-state index contributed by atoms with van der Waals surface area (Å²) in [6.07, 6.45) is -2.70. The minimum atomic E-state index is -1.58. The second kappa shape index (κ2) is 16.9. The number of aliphatic hydroxyl groups excluding tert-OH is 3. The monoisotopic (exact) mass is 714 g/mol. The fourth-order valence-electron chi connectivity index (χ4n) is 5.54. The Labute approximate surface area is 305 Å². The summed E-state index contributed by atoms with van der Waals surface area (Å²) in [5.41, 5.74) is 0.484. The number of hydrogen-bond acceptors (Lipinski definition) is 10. The van der Waals surface area contributed by atoms with E-state index in [1.807, 2.05) is 48.5 Å². The van der Waals surface area contributed by atoms with Gasteiger partial charge in [-0.25, -0.2) is 0 Å². The first-order valence-electron chi connectivity index (χ1n) is 17.2. The molecule has 0 amide bonds. The summed E-state index contributed by atoms with van der Waals surface area (Å²) in [7, 11) is 0. The van der Waals surface area contributed by atoms with Crippen LogP contribution in [0.3, 0.4) is 0 Å². The summed E-state index contributed by atoms with van der Waals surface area (Å²) in [5, 5.41) is 49.9. The molecule has 4 rings (SSSR count). The smallest absolute Gasteiger partial charge is 0.193 e. The number of ether oxygens (including phenoxy) is 3. The first kappa shape index (κ1) is 40.4. The first-order valence-corrected chi connectivity index (χ1v) is 17.2. The summed E-state index contributed by atoms with van der Waals surface area (Å²) in [6, 6.07) is 28.5. The van der Waals surface area contributed by atoms with Gasteiger partial charge < -0.3 is 39.7 Å². The maximum Gasteiger partial charge on any atom is 0.193 e. The van der Waals surface area contributed by atoms with Crippen molar-refractivity contribution in [2.75, 3.05) is 26.4 Å². The highest BCUT2D eigenvalue weighted by Gasteiger charge is 2.28. The molecular weight excluding hydrogens is 664 g/mol. The number of rotatable bonds is 18. The largest absolute Gasteiger partial charge is 0.491 e. The van der Waals surface area contributed by atoms with Crippen LogP contribution >= 0.6 is 0 Å². The van der Waals surface area contributed by atoms with Crippen LogP contribution in [0.25, 0.3) is 0 Å². The van der Waals surface area contributed by atoms with Gasteiger partial charge in [0, 0.05) is 16.5 Å². The zero-order valence-electron chi connectivity index (χ0n) is 30.6. The van der Waals surface area contributed by atoms with Gasteiger partial charge in [-0.15, -0.1) is 0 Å². The molecule has 10 heteroatoms. The number of ketones is 2. The highest BCUT2D eigenvalue weighted by atomic mass is 16.5. The van der Waals surface area contributed by atoms with Gasteiger partial charge in [-0.2, -0.15) is 0 Å². The second-order valence-electron chi connectivity index (χ2n) is 14.5. The SMILES string of the molecule is CC(C)(O)C(=O)c1ccc(C(OCC(O)COc2ccc(C(C)(C)c3ccc(OCC(O)CO)cc3)cc2)c2cccc(C(=O)C(C)(C)O)c2)cc1. The average molecular weight is 715 g/mol. The highest BCUT2D eigenvalue weighted by molar-refractivity contribution is 6.02. The van der Waals surface area contributed by atoms with E-state index in [4.69, 9.17) is 19.3 Å². The lowest BCUT2D eigenvalue weighted by Gasteiger charge is -2.26. The number of aliphatic hydroxyl groups is 5. The Hall–Kier alpha value is -4.42. The third kappa shape index (κ3) is 10.6. The van der Waals surface area contributed by atoms with E-state index in [0.29, 0.717) is 33.8 Å². The molecule has 4 aromatic carbocycles. The van der Waals surface area contributed by atoms with Crippen LogP contribution < -0.4 is 9.47 Å². The quantitative estimate of drug-likeness (QED) is 0.0867. The van der Waals surface area contributed by atoms with Crippen molar-refractivity contribution in [1.82, 2.24) is 0 Å². The van der Waals surface area contributed by atoms with Crippen molar-refractivity contribution in [3.8, 4) is 11.5 Å². The minimum absolute atomic E-state index is 0.00396. The van der Waals surface area contributed by atoms with Crippen LogP contribution in [0.4, 0.5) is 0 Å². The van der Waals surface area contributed by atoms with E-state index in [1.165, 1.54) is 27.7 Å². The molecule has 3 unspecified atom stereocenters. The molecular formula is C42H50O10. The molecule has 0 heterocycles. The third-order valence-electron chi connectivity index (χ3n) is 8.74. The lowest BCUT2D eigenvalue weighted by Crippen LogP contribution is -2.31. The van der Waals surface area contributed by atoms with Crippen molar-refractivity contribution in [3.63, 3.8) is 0 Å². The normalized spacial score (nSPS) is 14.0. The van der Waals surface area contributed by atoms with Crippen LogP contribution in [0.2, 0.25) is 0 Å². The van der Waals surface area contributed by atoms with Crippen molar-refractivity contribution in [1.29, 1.82) is 0 Å². The summed E-state index contributed by atoms with van der Waals surface area (Å²) in [5.74, 6) is 0.263. The van der Waals surface area contributed by atoms with Crippen molar-refractivity contribution in [2.45, 2.75) is 76.5 Å². The zero-order valence-corrected chi connectivity index (χ0v) is 30.6. The summed E-state index contributed by atoms with van der Waals surface area (Å²) < 4.78 is 17.7. The van der Waals surface area contributed by atoms with E-state index in [9.17, 15) is 30.0 Å². The Morgan fingerprint density at radius 2 is 1.08 bits per heavy atom. The van der Waals surface area contributed by atoms with Crippen LogP contribution in [0, 0.1) is 0 Å². The molecule has 52 heavy (non-hydrogen) atoms. The molecule has 4 aromatic rings. The van der Waals surface area contributed by atoms with Crippen molar-refractivity contribution < 1.29 is 49.3 Å². The molecule has 0 bridgehead atoms. The molecule has 0 aromatic heterocycles. The van der Waals surface area contributed by atoms with Crippen molar-refractivity contribution in [2.24, 2.45) is 0 Å². The van der Waals surface area contributed by atoms with Gasteiger partial charge in [0.15, 0.2) is 11.6 Å². The van der Waals surface area contributed by atoms with Crippen LogP contribution in [0.1, 0.15) is 90.6 Å². The van der Waals surface area contributed by atoms with E-state index in [0.717, 1.165) is 11.1 Å². The third-order valence-corrected chi connectivity index (χ3v) is 8.74. The van der Waals surface area contributed by atoms with Crippen LogP contribution in [-0.4, -0.2) is 86.9 Å². The molecule has 5 N–H and O–H groups in total. The van der Waals surface area contributed by atoms with E-state index in [2.05, 4.69) is 13.8 Å². The van der Waals surface area contributed by atoms with Crippen molar-refractivity contribution in [3.05, 3.63) is 130 Å². The summed E-state index contributed by atoms with van der Waals surface area (Å²) in [4.78, 5) is 25.5. The van der Waals surface area contributed by atoms with E-state index in [1.54, 1.807) is 48.5 Å². The summed E-state index contributed by atoms with van der Waals surface area (Å²) >= 11 is 0. The molecule has 0 spiro atoms. The molecule has 278 valence electrons. The molecule has 0 fully saturated rings. The van der Waals surface area contributed by atoms with Gasteiger partial charge in [0.05, 0.1) is 13.2 Å². The topological polar surface area (TPSA) is 163 Å². The van der Waals surface area contributed by atoms with Gasteiger partial charge in [0.1, 0.15) is 54.2 Å². The molecule has 10 nitrogen and oxygen atoms in total. The van der Waals surface area contributed by atoms with Crippen LogP contribution in [-0.2, 0) is 10.2 Å². The lowest BCUT2D eigenvalue weighted by molar-refractivity contribution is -0.0123. The number of carbonyl (C=O) groups excluding carboxylic acids is 2. The first-order chi connectivity index (χ1) is 24.4. The van der Waals surface area contributed by atoms with E-state index < -0.39 is 41.1 Å². The number of Topliss-reactive ketones (excluding diaryl/α,β-unsaturated/α-hetero) is 2. The molecule has 3 atom stereocenters. The van der Waals surface area contributed by atoms with Gasteiger partial charge in [0.2, 0.25) is 0 Å². The highest BCUT2D eigenvalue weighted by Crippen LogP contribution is 2.34. The molecule has 0 aliphatic heterocycles. The molecule has 0 aliphatic carbocycles. The Kier molecular flexibility index (Phi) is 13.1. The second-order valence-corrected chi connectivity index (χ2v) is 14.5. The fraction of sp³-hybridized carbons (Fsp3) is 0.381. The number of benzene rings is 4. The Balaban J connectivity index is 1.43. The van der Waals surface area contributed by atoms with E-state index in [-0.39, 0.29) is 31.8 Å². The van der Waals surface area contributed by atoms with Gasteiger partial charge in [0.25, 0.3) is 0 Å². The summed E-state index contributed by atoms with van der Waals surface area (Å²) in [6.45, 7) is 9.34. The average Bonchev–Trinajstić information content (AvgIpc) is 3.12. The maximum absolute atomic E-state index is 12.9. The predicted octanol–water partition coefficient (Wildman–Crippen LogP) is 5.20. The van der Waals surface area contributed by atoms with Gasteiger partial charge in [-0.1, -0.05) is 80.6 Å². The Bertz CT molecular complexity index is 1770. The lowest BCUT2D eigenvalue weighted by atomic mass is 9.78.